The van der Waals surface area contributed by atoms with Gasteiger partial charge in [0.2, 0.25) is 5.89 Å². The predicted octanol–water partition coefficient (Wildman–Crippen LogP) is 5.33. The first-order chi connectivity index (χ1) is 15.9. The van der Waals surface area contributed by atoms with E-state index in [1.807, 2.05) is 60.7 Å². The fourth-order valence-corrected chi connectivity index (χ4v) is 3.24. The van der Waals surface area contributed by atoms with Crippen molar-refractivity contribution in [3.8, 4) is 11.5 Å². The third-order valence-electron chi connectivity index (χ3n) is 4.93. The maximum Gasteiger partial charge on any atom is 0.227 e. The van der Waals surface area contributed by atoms with Crippen molar-refractivity contribution in [1.29, 1.82) is 0 Å². The fraction of sp³-hybridized carbons (Fsp3) is 0.222. The molecule has 0 amide bonds. The van der Waals surface area contributed by atoms with E-state index in [0.717, 1.165) is 35.3 Å². The monoisotopic (exact) mass is 428 g/mol. The topological polar surface area (TPSA) is 56.5 Å². The smallest absolute Gasteiger partial charge is 0.227 e. The molecule has 0 saturated heterocycles. The van der Waals surface area contributed by atoms with E-state index in [4.69, 9.17) is 13.9 Å². The third kappa shape index (κ3) is 6.62. The van der Waals surface area contributed by atoms with Crippen molar-refractivity contribution < 1.29 is 13.9 Å². The molecule has 164 valence electrons. The number of rotatable bonds is 12. The molecule has 3 aromatic carbocycles. The summed E-state index contributed by atoms with van der Waals surface area (Å²) in [4.78, 5) is 4.53. The molecule has 0 spiro atoms. The average Bonchev–Trinajstić information content (AvgIpc) is 3.28. The van der Waals surface area contributed by atoms with Crippen molar-refractivity contribution in [3.05, 3.63) is 96.1 Å². The predicted molar refractivity (Wildman–Crippen MR) is 128 cm³/mol. The van der Waals surface area contributed by atoms with Crippen LogP contribution in [0, 0.1) is 0 Å². The number of para-hydroxylation sites is 2. The van der Waals surface area contributed by atoms with Crippen molar-refractivity contribution in [2.75, 3.05) is 32.9 Å². The Kier molecular flexibility index (Phi) is 8.21. The molecule has 32 heavy (non-hydrogen) atoms. The lowest BCUT2D eigenvalue weighted by atomic mass is 10.1. The van der Waals surface area contributed by atoms with Gasteiger partial charge in [0.1, 0.15) is 5.52 Å². The van der Waals surface area contributed by atoms with Crippen LogP contribution in [0.15, 0.2) is 89.4 Å². The molecule has 0 unspecified atom stereocenters. The van der Waals surface area contributed by atoms with E-state index in [2.05, 4.69) is 40.6 Å². The number of fused-ring (bicyclic) bond motifs is 1. The molecule has 0 aliphatic rings. The summed E-state index contributed by atoms with van der Waals surface area (Å²) in [6.45, 7) is 4.13. The molecule has 1 heterocycles. The Balaban J connectivity index is 1.06. The van der Waals surface area contributed by atoms with Gasteiger partial charge in [-0.15, -0.1) is 0 Å². The van der Waals surface area contributed by atoms with Gasteiger partial charge in [0, 0.05) is 18.7 Å². The van der Waals surface area contributed by atoms with Crippen LogP contribution in [0.1, 0.15) is 11.1 Å². The minimum absolute atomic E-state index is 0.580. The summed E-state index contributed by atoms with van der Waals surface area (Å²) in [5, 5.41) is 3.33. The summed E-state index contributed by atoms with van der Waals surface area (Å²) in [5.74, 6) is 0.639. The van der Waals surface area contributed by atoms with E-state index in [1.54, 1.807) is 0 Å². The van der Waals surface area contributed by atoms with Crippen LogP contribution in [0.4, 0.5) is 0 Å². The number of nitrogens with one attached hydrogen (secondary N) is 1. The summed E-state index contributed by atoms with van der Waals surface area (Å²) >= 11 is 0. The zero-order chi connectivity index (χ0) is 21.8. The fourth-order valence-electron chi connectivity index (χ4n) is 3.24. The molecule has 0 saturated carbocycles. The highest BCUT2D eigenvalue weighted by Crippen LogP contribution is 2.24. The van der Waals surface area contributed by atoms with Gasteiger partial charge in [-0.2, -0.15) is 0 Å². The summed E-state index contributed by atoms with van der Waals surface area (Å²) in [6.07, 6.45) is 4.11. The molecule has 0 aliphatic heterocycles. The van der Waals surface area contributed by atoms with Crippen LogP contribution in [-0.4, -0.2) is 37.9 Å². The van der Waals surface area contributed by atoms with Gasteiger partial charge >= 0.3 is 0 Å². The molecule has 1 aromatic heterocycles. The molecule has 5 nitrogen and oxygen atoms in total. The Hall–Kier alpha value is -3.25. The van der Waals surface area contributed by atoms with Crippen LogP contribution >= 0.6 is 0 Å². The van der Waals surface area contributed by atoms with Crippen LogP contribution in [0.25, 0.3) is 28.6 Å². The van der Waals surface area contributed by atoms with Crippen molar-refractivity contribution in [2.45, 2.75) is 6.61 Å². The van der Waals surface area contributed by atoms with Gasteiger partial charge in [-0.3, -0.25) is 0 Å². The molecular formula is C27H28N2O3. The highest BCUT2D eigenvalue weighted by molar-refractivity contribution is 5.75. The largest absolute Gasteiger partial charge is 0.436 e. The SMILES string of the molecule is C(=Cc1ccccc1)COCCNCCOCc1ccc(-c2nc3ccccc3o2)cc1. The van der Waals surface area contributed by atoms with Gasteiger partial charge in [0.25, 0.3) is 0 Å². The normalized spacial score (nSPS) is 11.5. The lowest BCUT2D eigenvalue weighted by molar-refractivity contribution is 0.118. The zero-order valence-corrected chi connectivity index (χ0v) is 18.1. The Morgan fingerprint density at radius 3 is 2.38 bits per heavy atom. The molecule has 1 N–H and O–H groups in total. The van der Waals surface area contributed by atoms with E-state index >= 15 is 0 Å². The average molecular weight is 429 g/mol. The van der Waals surface area contributed by atoms with Crippen molar-refractivity contribution in [3.63, 3.8) is 0 Å². The summed E-state index contributed by atoms with van der Waals surface area (Å²) in [6, 6.07) is 26.1. The number of hydrogen-bond acceptors (Lipinski definition) is 5. The molecule has 0 fully saturated rings. The highest BCUT2D eigenvalue weighted by Gasteiger charge is 2.07. The van der Waals surface area contributed by atoms with E-state index < -0.39 is 0 Å². The number of hydrogen-bond donors (Lipinski definition) is 1. The molecule has 4 aromatic rings. The quantitative estimate of drug-likeness (QED) is 0.309. The van der Waals surface area contributed by atoms with E-state index in [9.17, 15) is 0 Å². The Morgan fingerprint density at radius 2 is 1.56 bits per heavy atom. The van der Waals surface area contributed by atoms with Crippen LogP contribution in [0.3, 0.4) is 0 Å². The molecular weight excluding hydrogens is 400 g/mol. The molecule has 0 bridgehead atoms. The van der Waals surface area contributed by atoms with Crippen LogP contribution in [-0.2, 0) is 16.1 Å². The van der Waals surface area contributed by atoms with Gasteiger partial charge in [-0.05, 0) is 35.4 Å². The summed E-state index contributed by atoms with van der Waals surface area (Å²) < 4.78 is 17.2. The maximum atomic E-state index is 5.82. The summed E-state index contributed by atoms with van der Waals surface area (Å²) in [5.41, 5.74) is 4.95. The Bertz CT molecular complexity index is 1070. The van der Waals surface area contributed by atoms with Crippen molar-refractivity contribution in [1.82, 2.24) is 10.3 Å². The second kappa shape index (κ2) is 12.0. The van der Waals surface area contributed by atoms with Gasteiger partial charge in [0.15, 0.2) is 5.58 Å². The number of oxazole rings is 1. The molecule has 0 aliphatic carbocycles. The van der Waals surface area contributed by atoms with Crippen LogP contribution in [0.2, 0.25) is 0 Å². The second-order valence-electron chi connectivity index (χ2n) is 7.37. The zero-order valence-electron chi connectivity index (χ0n) is 18.1. The number of ether oxygens (including phenoxy) is 2. The molecule has 4 rings (SSSR count). The third-order valence-corrected chi connectivity index (χ3v) is 4.93. The molecule has 0 atom stereocenters. The molecule has 5 heteroatoms. The minimum Gasteiger partial charge on any atom is -0.436 e. The molecule has 0 radical (unpaired) electrons. The highest BCUT2D eigenvalue weighted by atomic mass is 16.5. The van der Waals surface area contributed by atoms with Gasteiger partial charge in [0.05, 0.1) is 26.4 Å². The number of nitrogens with zero attached hydrogens (tertiary/aromatic N) is 1. The first kappa shape index (κ1) is 22.0. The van der Waals surface area contributed by atoms with Crippen LogP contribution < -0.4 is 5.32 Å². The van der Waals surface area contributed by atoms with E-state index in [1.165, 1.54) is 5.56 Å². The van der Waals surface area contributed by atoms with Crippen molar-refractivity contribution in [2.24, 2.45) is 0 Å². The van der Waals surface area contributed by atoms with Crippen LogP contribution in [0.5, 0.6) is 0 Å². The second-order valence-corrected chi connectivity index (χ2v) is 7.37. The first-order valence-electron chi connectivity index (χ1n) is 10.9. The van der Waals surface area contributed by atoms with E-state index in [0.29, 0.717) is 32.3 Å². The lowest BCUT2D eigenvalue weighted by Gasteiger charge is -2.07. The Morgan fingerprint density at radius 1 is 0.812 bits per heavy atom. The Labute approximate surface area is 188 Å². The van der Waals surface area contributed by atoms with Crippen molar-refractivity contribution >= 4 is 17.2 Å². The standard InChI is InChI=1S/C27H28N2O3/c1-2-7-22(8-3-1)9-6-18-30-19-16-28-17-20-31-21-23-12-14-24(15-13-23)27-29-25-10-4-5-11-26(25)32-27/h1-15,28H,16-21H2. The first-order valence-corrected chi connectivity index (χ1v) is 10.9. The number of benzene rings is 3. The summed E-state index contributed by atoms with van der Waals surface area (Å²) in [7, 11) is 0. The van der Waals surface area contributed by atoms with Gasteiger partial charge in [-0.1, -0.05) is 66.7 Å². The number of aromatic nitrogens is 1. The van der Waals surface area contributed by atoms with Gasteiger partial charge in [-0.25, -0.2) is 4.98 Å². The lowest BCUT2D eigenvalue weighted by Crippen LogP contribution is -2.24. The minimum atomic E-state index is 0.580. The van der Waals surface area contributed by atoms with E-state index in [-0.39, 0.29) is 0 Å². The van der Waals surface area contributed by atoms with Gasteiger partial charge < -0.3 is 19.2 Å². The maximum absolute atomic E-state index is 5.82.